The number of rotatable bonds is 7. The first-order valence-electron chi connectivity index (χ1n) is 8.91. The minimum absolute atomic E-state index is 0.191. The second-order valence-corrected chi connectivity index (χ2v) is 8.43. The number of hydrogen-bond acceptors (Lipinski definition) is 6. The van der Waals surface area contributed by atoms with Crippen molar-refractivity contribution < 1.29 is 24.4 Å². The van der Waals surface area contributed by atoms with Crippen molar-refractivity contribution in [3.05, 3.63) is 52.9 Å². The van der Waals surface area contributed by atoms with Crippen LogP contribution < -0.4 is 15.4 Å². The van der Waals surface area contributed by atoms with E-state index in [2.05, 4.69) is 10.6 Å². The Morgan fingerprint density at radius 1 is 1.14 bits per heavy atom. The number of benzene rings is 1. The summed E-state index contributed by atoms with van der Waals surface area (Å²) in [5.74, 6) is -0.344. The second-order valence-electron chi connectivity index (χ2n) is 7.32. The third-order valence-corrected chi connectivity index (χ3v) is 4.78. The van der Waals surface area contributed by atoms with Crippen LogP contribution in [0.3, 0.4) is 0 Å². The molecule has 0 saturated heterocycles. The number of carbonyl (C=O) groups excluding carboxylic acids is 2. The Balaban J connectivity index is 2.04. The van der Waals surface area contributed by atoms with Crippen LogP contribution in [0.25, 0.3) is 0 Å². The zero-order valence-electron chi connectivity index (χ0n) is 16.1. The maximum Gasteiger partial charge on any atom is 0.499 e. The van der Waals surface area contributed by atoms with E-state index in [-0.39, 0.29) is 23.3 Å². The fraction of sp³-hybridized carbons (Fsp3) is 0.368. The van der Waals surface area contributed by atoms with E-state index >= 15 is 0 Å². The molecule has 0 aliphatic heterocycles. The summed E-state index contributed by atoms with van der Waals surface area (Å²) in [7, 11) is -1.61. The summed E-state index contributed by atoms with van der Waals surface area (Å²) >= 11 is 1.01. The van der Waals surface area contributed by atoms with Gasteiger partial charge in [-0.15, -0.1) is 11.3 Å². The average molecular weight is 404 g/mol. The van der Waals surface area contributed by atoms with Gasteiger partial charge in [-0.25, -0.2) is 4.79 Å². The molecule has 1 aromatic heterocycles. The predicted octanol–water partition coefficient (Wildman–Crippen LogP) is 1.29. The van der Waals surface area contributed by atoms with Crippen LogP contribution in [-0.4, -0.2) is 47.4 Å². The van der Waals surface area contributed by atoms with Crippen LogP contribution in [0.15, 0.2) is 42.5 Å². The molecule has 1 unspecified atom stereocenters. The van der Waals surface area contributed by atoms with E-state index in [1.807, 2.05) is 30.3 Å². The van der Waals surface area contributed by atoms with Gasteiger partial charge in [0.2, 0.25) is 0 Å². The Labute approximate surface area is 168 Å². The van der Waals surface area contributed by atoms with Crippen molar-refractivity contribution in [1.82, 2.24) is 10.6 Å². The van der Waals surface area contributed by atoms with Gasteiger partial charge in [0, 0.05) is 11.3 Å². The number of carbonyl (C=O) groups is 2. The van der Waals surface area contributed by atoms with E-state index in [4.69, 9.17) is 4.74 Å². The molecule has 0 radical (unpaired) electrons. The van der Waals surface area contributed by atoms with Crippen molar-refractivity contribution >= 4 is 35.2 Å². The molecule has 2 rings (SSSR count). The quantitative estimate of drug-likeness (QED) is 0.521. The zero-order valence-corrected chi connectivity index (χ0v) is 17.0. The highest BCUT2D eigenvalue weighted by atomic mass is 32.1. The minimum Gasteiger partial charge on any atom is -0.444 e. The molecule has 0 saturated carbocycles. The maximum absolute atomic E-state index is 12.5. The lowest BCUT2D eigenvalue weighted by Crippen LogP contribution is -2.46. The summed E-state index contributed by atoms with van der Waals surface area (Å²) in [6.45, 7) is 5.52. The fourth-order valence-electron chi connectivity index (χ4n) is 2.46. The van der Waals surface area contributed by atoms with Gasteiger partial charge in [-0.3, -0.25) is 4.79 Å². The molecule has 28 heavy (non-hydrogen) atoms. The van der Waals surface area contributed by atoms with E-state index in [1.165, 1.54) is 12.1 Å². The Morgan fingerprint density at radius 2 is 1.82 bits per heavy atom. The molecule has 1 aromatic carbocycles. The zero-order chi connectivity index (χ0) is 20.7. The maximum atomic E-state index is 12.5. The highest BCUT2D eigenvalue weighted by Crippen LogP contribution is 2.10. The van der Waals surface area contributed by atoms with Gasteiger partial charge in [-0.1, -0.05) is 36.4 Å². The number of ether oxygens (including phenoxy) is 1. The second kappa shape index (κ2) is 9.72. The first kappa shape index (κ1) is 21.9. The van der Waals surface area contributed by atoms with Gasteiger partial charge < -0.3 is 25.4 Å². The molecule has 7 nitrogen and oxygen atoms in total. The molecule has 0 fully saturated rings. The summed E-state index contributed by atoms with van der Waals surface area (Å²) in [4.78, 5) is 24.9. The first-order valence-corrected chi connectivity index (χ1v) is 9.73. The fourth-order valence-corrected chi connectivity index (χ4v) is 3.25. The van der Waals surface area contributed by atoms with Crippen molar-refractivity contribution in [2.24, 2.45) is 0 Å². The third kappa shape index (κ3) is 7.34. The lowest BCUT2D eigenvalue weighted by atomic mass is 9.90. The van der Waals surface area contributed by atoms with Crippen LogP contribution in [0.4, 0.5) is 4.79 Å². The van der Waals surface area contributed by atoms with Gasteiger partial charge >= 0.3 is 13.2 Å². The van der Waals surface area contributed by atoms with Crippen LogP contribution >= 0.6 is 11.3 Å². The van der Waals surface area contributed by atoms with Crippen LogP contribution in [0.1, 0.15) is 36.0 Å². The summed E-state index contributed by atoms with van der Waals surface area (Å²) in [6.07, 6.45) is -0.0370. The lowest BCUT2D eigenvalue weighted by Gasteiger charge is -2.22. The van der Waals surface area contributed by atoms with E-state index in [9.17, 15) is 19.6 Å². The summed E-state index contributed by atoms with van der Waals surface area (Å²) in [5, 5.41) is 24.0. The van der Waals surface area contributed by atoms with Crippen LogP contribution in [-0.2, 0) is 11.2 Å². The van der Waals surface area contributed by atoms with Gasteiger partial charge in [-0.05, 0) is 38.8 Å². The molecule has 1 atom stereocenters. The number of hydrogen-bond donors (Lipinski definition) is 4. The van der Waals surface area contributed by atoms with Gasteiger partial charge in [0.15, 0.2) is 0 Å². The molecule has 4 N–H and O–H groups in total. The van der Waals surface area contributed by atoms with Gasteiger partial charge in [0.25, 0.3) is 5.91 Å². The molecule has 9 heteroatoms. The SMILES string of the molecule is CC(C)(C)OC(=O)NCC(Cc1ccccc1)NC(=O)c1ccc(B(O)O)s1. The summed E-state index contributed by atoms with van der Waals surface area (Å²) < 4.78 is 5.53. The molecular weight excluding hydrogens is 379 g/mol. The van der Waals surface area contributed by atoms with E-state index in [0.29, 0.717) is 11.3 Å². The smallest absolute Gasteiger partial charge is 0.444 e. The highest BCUT2D eigenvalue weighted by Gasteiger charge is 2.21. The normalized spacial score (nSPS) is 12.2. The number of thiophene rings is 1. The Hall–Kier alpha value is -2.36. The van der Waals surface area contributed by atoms with Crippen molar-refractivity contribution in [2.45, 2.75) is 38.8 Å². The third-order valence-electron chi connectivity index (χ3n) is 3.66. The Morgan fingerprint density at radius 3 is 2.39 bits per heavy atom. The molecule has 150 valence electrons. The van der Waals surface area contributed by atoms with E-state index in [0.717, 1.165) is 16.9 Å². The van der Waals surface area contributed by atoms with Crippen molar-refractivity contribution in [1.29, 1.82) is 0 Å². The molecule has 0 aliphatic rings. The molecular formula is C19H25BN2O5S. The predicted molar refractivity (Wildman–Crippen MR) is 110 cm³/mol. The van der Waals surface area contributed by atoms with Crippen LogP contribution in [0.5, 0.6) is 0 Å². The van der Waals surface area contributed by atoms with Crippen LogP contribution in [0, 0.1) is 0 Å². The topological polar surface area (TPSA) is 108 Å². The number of amides is 2. The molecule has 0 aliphatic carbocycles. The average Bonchev–Trinajstić information content (AvgIpc) is 3.09. The summed E-state index contributed by atoms with van der Waals surface area (Å²) in [6, 6.07) is 12.3. The monoisotopic (exact) mass is 404 g/mol. The van der Waals surface area contributed by atoms with Crippen molar-refractivity contribution in [3.8, 4) is 0 Å². The molecule has 1 heterocycles. The number of alkyl carbamates (subject to hydrolysis) is 1. The minimum atomic E-state index is -1.61. The van der Waals surface area contributed by atoms with Crippen molar-refractivity contribution in [3.63, 3.8) is 0 Å². The molecule has 0 spiro atoms. The standard InChI is InChI=1S/C19H25BN2O5S/c1-19(2,3)27-18(24)21-12-14(11-13-7-5-4-6-8-13)22-17(23)15-9-10-16(28-15)20(25)26/h4-10,14,25-26H,11-12H2,1-3H3,(H,21,24)(H,22,23). The first-order chi connectivity index (χ1) is 13.1. The molecule has 2 amide bonds. The lowest BCUT2D eigenvalue weighted by molar-refractivity contribution is 0.0520. The Bertz CT molecular complexity index is 789. The van der Waals surface area contributed by atoms with E-state index in [1.54, 1.807) is 20.8 Å². The molecule has 2 aromatic rings. The van der Waals surface area contributed by atoms with Crippen molar-refractivity contribution in [2.75, 3.05) is 6.54 Å². The largest absolute Gasteiger partial charge is 0.499 e. The number of nitrogens with one attached hydrogen (secondary N) is 2. The molecule has 0 bridgehead atoms. The van der Waals surface area contributed by atoms with Gasteiger partial charge in [-0.2, -0.15) is 0 Å². The highest BCUT2D eigenvalue weighted by molar-refractivity contribution is 7.23. The van der Waals surface area contributed by atoms with E-state index < -0.39 is 18.8 Å². The van der Waals surface area contributed by atoms with Gasteiger partial charge in [0.1, 0.15) is 5.60 Å². The summed E-state index contributed by atoms with van der Waals surface area (Å²) in [5.41, 5.74) is 0.400. The van der Waals surface area contributed by atoms with Crippen LogP contribution in [0.2, 0.25) is 0 Å². The van der Waals surface area contributed by atoms with Gasteiger partial charge in [0.05, 0.1) is 10.9 Å². The Kier molecular flexibility index (Phi) is 7.62.